The lowest BCUT2D eigenvalue weighted by molar-refractivity contribution is 0.380. The van der Waals surface area contributed by atoms with E-state index in [9.17, 15) is 4.79 Å². The number of nitrogens with zero attached hydrogens (tertiary/aromatic N) is 7. The van der Waals surface area contributed by atoms with Crippen LogP contribution in [0.2, 0.25) is 5.02 Å². The second-order valence-electron chi connectivity index (χ2n) is 7.37. The average molecular weight is 470 g/mol. The van der Waals surface area contributed by atoms with E-state index in [1.54, 1.807) is 49.1 Å². The fourth-order valence-corrected chi connectivity index (χ4v) is 3.77. The molecule has 4 aromatic heterocycles. The fourth-order valence-electron chi connectivity index (χ4n) is 3.64. The van der Waals surface area contributed by atoms with E-state index < -0.39 is 0 Å². The number of rotatable bonds is 5. The van der Waals surface area contributed by atoms with Crippen LogP contribution in [0.4, 0.5) is 0 Å². The van der Waals surface area contributed by atoms with Crippen molar-refractivity contribution in [2.75, 3.05) is 7.11 Å². The lowest BCUT2D eigenvalue weighted by Gasteiger charge is -2.11. The van der Waals surface area contributed by atoms with Crippen LogP contribution in [0.3, 0.4) is 0 Å². The first-order valence-corrected chi connectivity index (χ1v) is 10.5. The standard InChI is InChI=1S/C24H16ClN7O2/c1-34-23-28-12-17(13-29-23)21-20(16-3-5-18(25)6-4-16)8-9-31-22(21)30-32(24(31)33)14-15-2-7-19(10-26)27-11-15/h2-9,11-13H,14H2,1H3. The number of hydrogen-bond acceptors (Lipinski definition) is 7. The van der Waals surface area contributed by atoms with Gasteiger partial charge in [0.25, 0.3) is 0 Å². The van der Waals surface area contributed by atoms with Crippen molar-refractivity contribution in [1.29, 1.82) is 5.26 Å². The summed E-state index contributed by atoms with van der Waals surface area (Å²) in [5, 5.41) is 14.2. The predicted molar refractivity (Wildman–Crippen MR) is 126 cm³/mol. The fraction of sp³-hybridized carbons (Fsp3) is 0.0833. The van der Waals surface area contributed by atoms with Crippen molar-refractivity contribution >= 4 is 17.2 Å². The summed E-state index contributed by atoms with van der Waals surface area (Å²) in [6.45, 7) is 0.202. The van der Waals surface area contributed by atoms with E-state index in [-0.39, 0.29) is 18.2 Å². The monoisotopic (exact) mass is 469 g/mol. The van der Waals surface area contributed by atoms with E-state index in [1.807, 2.05) is 24.3 Å². The number of methoxy groups -OCH3 is 1. The number of ether oxygens (including phenoxy) is 1. The molecule has 0 N–H and O–H groups in total. The van der Waals surface area contributed by atoms with E-state index in [0.29, 0.717) is 27.5 Å². The number of aromatic nitrogens is 6. The molecule has 10 heteroatoms. The SMILES string of the molecule is COc1ncc(-c2c(-c3ccc(Cl)cc3)ccn3c(=O)n(Cc4ccc(C#N)nc4)nc23)cn1. The Morgan fingerprint density at radius 1 is 1.00 bits per heavy atom. The summed E-state index contributed by atoms with van der Waals surface area (Å²) in [5.74, 6) is 0. The van der Waals surface area contributed by atoms with Crippen LogP contribution in [0, 0.1) is 11.3 Å². The molecule has 0 amide bonds. The van der Waals surface area contributed by atoms with Crippen LogP contribution in [-0.2, 0) is 6.54 Å². The van der Waals surface area contributed by atoms with Gasteiger partial charge in [-0.05, 0) is 41.0 Å². The quantitative estimate of drug-likeness (QED) is 0.386. The van der Waals surface area contributed by atoms with Gasteiger partial charge >= 0.3 is 11.7 Å². The van der Waals surface area contributed by atoms with Gasteiger partial charge < -0.3 is 4.74 Å². The molecule has 0 radical (unpaired) electrons. The maximum atomic E-state index is 13.2. The molecule has 0 saturated heterocycles. The molecular weight excluding hydrogens is 454 g/mol. The lowest BCUT2D eigenvalue weighted by Crippen LogP contribution is -2.21. The molecule has 5 aromatic rings. The summed E-state index contributed by atoms with van der Waals surface area (Å²) in [6.07, 6.45) is 6.52. The summed E-state index contributed by atoms with van der Waals surface area (Å²) < 4.78 is 7.93. The minimum Gasteiger partial charge on any atom is -0.467 e. The molecule has 0 aliphatic heterocycles. The predicted octanol–water partition coefficient (Wildman–Crippen LogP) is 3.60. The minimum absolute atomic E-state index is 0.202. The smallest absolute Gasteiger partial charge is 0.350 e. The summed E-state index contributed by atoms with van der Waals surface area (Å²) >= 11 is 6.09. The zero-order valence-electron chi connectivity index (χ0n) is 17.9. The van der Waals surface area contributed by atoms with Crippen LogP contribution in [0.1, 0.15) is 11.3 Å². The van der Waals surface area contributed by atoms with Crippen LogP contribution < -0.4 is 10.4 Å². The largest absolute Gasteiger partial charge is 0.467 e. The Morgan fingerprint density at radius 2 is 1.76 bits per heavy atom. The van der Waals surface area contributed by atoms with Gasteiger partial charge in [0.1, 0.15) is 11.8 Å². The maximum absolute atomic E-state index is 13.2. The molecule has 0 aliphatic rings. The number of benzene rings is 1. The van der Waals surface area contributed by atoms with Gasteiger partial charge in [-0.1, -0.05) is 29.8 Å². The van der Waals surface area contributed by atoms with Crippen molar-refractivity contribution in [3.8, 4) is 34.3 Å². The molecule has 9 nitrogen and oxygen atoms in total. The van der Waals surface area contributed by atoms with E-state index in [0.717, 1.165) is 16.7 Å². The van der Waals surface area contributed by atoms with Crippen LogP contribution >= 0.6 is 11.6 Å². The van der Waals surface area contributed by atoms with Gasteiger partial charge in [-0.15, -0.1) is 5.10 Å². The van der Waals surface area contributed by atoms with Crippen molar-refractivity contribution in [3.05, 3.63) is 94.0 Å². The third-order valence-electron chi connectivity index (χ3n) is 5.28. The van der Waals surface area contributed by atoms with Gasteiger partial charge in [-0.2, -0.15) is 5.26 Å². The average Bonchev–Trinajstić information content (AvgIpc) is 3.19. The van der Waals surface area contributed by atoms with Gasteiger partial charge in [0, 0.05) is 40.9 Å². The molecule has 166 valence electrons. The van der Waals surface area contributed by atoms with Crippen LogP contribution in [0.5, 0.6) is 6.01 Å². The summed E-state index contributed by atoms with van der Waals surface area (Å²) in [6, 6.07) is 14.8. The number of hydrogen-bond donors (Lipinski definition) is 0. The van der Waals surface area contributed by atoms with Crippen molar-refractivity contribution in [2.45, 2.75) is 6.54 Å². The van der Waals surface area contributed by atoms with Gasteiger partial charge in [-0.25, -0.2) is 28.8 Å². The molecule has 0 spiro atoms. The Kier molecular flexibility index (Phi) is 5.49. The molecule has 34 heavy (non-hydrogen) atoms. The molecular formula is C24H16ClN7O2. The van der Waals surface area contributed by atoms with E-state index in [1.165, 1.54) is 16.2 Å². The van der Waals surface area contributed by atoms with Gasteiger partial charge in [-0.3, -0.25) is 0 Å². The number of pyridine rings is 2. The van der Waals surface area contributed by atoms with Gasteiger partial charge in [0.05, 0.1) is 13.7 Å². The van der Waals surface area contributed by atoms with E-state index in [4.69, 9.17) is 21.6 Å². The Balaban J connectivity index is 1.70. The second-order valence-corrected chi connectivity index (χ2v) is 7.80. The van der Waals surface area contributed by atoms with Gasteiger partial charge in [0.15, 0.2) is 5.65 Å². The zero-order valence-corrected chi connectivity index (χ0v) is 18.6. The number of nitriles is 1. The highest BCUT2D eigenvalue weighted by molar-refractivity contribution is 6.30. The van der Waals surface area contributed by atoms with Gasteiger partial charge in [0.2, 0.25) is 0 Å². The van der Waals surface area contributed by atoms with E-state index >= 15 is 0 Å². The highest BCUT2D eigenvalue weighted by atomic mass is 35.5. The Bertz CT molecular complexity index is 1580. The summed E-state index contributed by atoms with van der Waals surface area (Å²) in [7, 11) is 1.49. The number of fused-ring (bicyclic) bond motifs is 1. The molecule has 0 unspecified atom stereocenters. The first-order valence-electron chi connectivity index (χ1n) is 10.2. The Labute approximate surface area is 198 Å². The summed E-state index contributed by atoms with van der Waals surface area (Å²) in [4.78, 5) is 25.7. The van der Waals surface area contributed by atoms with Crippen molar-refractivity contribution < 1.29 is 4.74 Å². The summed E-state index contributed by atoms with van der Waals surface area (Å²) in [5.41, 5.74) is 4.31. The van der Waals surface area contributed by atoms with E-state index in [2.05, 4.69) is 20.1 Å². The van der Waals surface area contributed by atoms with Crippen LogP contribution in [0.25, 0.3) is 27.9 Å². The Hall–Kier alpha value is -4.55. The molecule has 5 rings (SSSR count). The topological polar surface area (TPSA) is 111 Å². The van der Waals surface area contributed by atoms with Crippen molar-refractivity contribution in [3.63, 3.8) is 0 Å². The zero-order chi connectivity index (χ0) is 23.7. The van der Waals surface area contributed by atoms with Crippen LogP contribution in [-0.4, -0.2) is 36.2 Å². The first kappa shape index (κ1) is 21.3. The van der Waals surface area contributed by atoms with Crippen molar-refractivity contribution in [2.24, 2.45) is 0 Å². The van der Waals surface area contributed by atoms with Crippen molar-refractivity contribution in [1.82, 2.24) is 29.1 Å². The Morgan fingerprint density at radius 3 is 2.41 bits per heavy atom. The lowest BCUT2D eigenvalue weighted by atomic mass is 9.97. The molecule has 4 heterocycles. The highest BCUT2D eigenvalue weighted by Crippen LogP contribution is 2.34. The normalized spacial score (nSPS) is 10.9. The molecule has 0 saturated carbocycles. The molecule has 1 aromatic carbocycles. The molecule has 0 aliphatic carbocycles. The highest BCUT2D eigenvalue weighted by Gasteiger charge is 2.18. The maximum Gasteiger partial charge on any atom is 0.350 e. The minimum atomic E-state index is -0.308. The second kappa shape index (κ2) is 8.77. The first-order chi connectivity index (χ1) is 16.6. The third-order valence-corrected chi connectivity index (χ3v) is 5.53. The molecule has 0 fully saturated rings. The third kappa shape index (κ3) is 3.87. The molecule has 0 bridgehead atoms. The molecule has 0 atom stereocenters. The van der Waals surface area contributed by atoms with Crippen LogP contribution in [0.15, 0.2) is 72.0 Å². The number of halogens is 1.